The number of nitrogens with zero attached hydrogens (tertiary/aromatic N) is 1. The van der Waals surface area contributed by atoms with Crippen LogP contribution in [0.1, 0.15) is 30.3 Å². The summed E-state index contributed by atoms with van der Waals surface area (Å²) in [5.74, 6) is 2.32. The minimum absolute atomic E-state index is 0.509. The number of nitrogen functional groups attached to an aromatic ring is 1. The number of hydrogen-bond acceptors (Lipinski definition) is 3. The number of hydrogen-bond donors (Lipinski definition) is 2. The summed E-state index contributed by atoms with van der Waals surface area (Å²) in [4.78, 5) is 8.06. The number of thioether (sulfide) groups is 1. The molecule has 0 saturated carbocycles. The molecule has 1 aromatic carbocycles. The zero-order valence-corrected chi connectivity index (χ0v) is 11.8. The molecule has 0 aliphatic carbocycles. The van der Waals surface area contributed by atoms with Gasteiger partial charge in [0.2, 0.25) is 0 Å². The second-order valence-electron chi connectivity index (χ2n) is 4.37. The van der Waals surface area contributed by atoms with E-state index in [0.29, 0.717) is 5.25 Å². The highest BCUT2D eigenvalue weighted by Crippen LogP contribution is 2.38. The average molecular weight is 312 g/mol. The van der Waals surface area contributed by atoms with Crippen LogP contribution in [0.5, 0.6) is 0 Å². The molecule has 0 amide bonds. The Bertz CT molecular complexity index is 546. The van der Waals surface area contributed by atoms with Crippen LogP contribution in [0.2, 0.25) is 0 Å². The third-order valence-electron chi connectivity index (χ3n) is 3.08. The van der Waals surface area contributed by atoms with Gasteiger partial charge in [-0.25, -0.2) is 4.98 Å². The molecule has 3 rings (SSSR count). The fraction of sp³-hybridized carbons (Fsp3) is 0.417. The molecule has 5 heteroatoms. The zero-order chi connectivity index (χ0) is 11.8. The van der Waals surface area contributed by atoms with Gasteiger partial charge in [-0.1, -0.05) is 22.4 Å². The number of halogens is 1. The van der Waals surface area contributed by atoms with Crippen molar-refractivity contribution in [1.82, 2.24) is 9.97 Å². The van der Waals surface area contributed by atoms with Gasteiger partial charge in [0.1, 0.15) is 11.3 Å². The van der Waals surface area contributed by atoms with Gasteiger partial charge in [-0.05, 0) is 30.7 Å². The van der Waals surface area contributed by atoms with Crippen molar-refractivity contribution in [3.05, 3.63) is 22.4 Å². The molecule has 1 saturated heterocycles. The van der Waals surface area contributed by atoms with Crippen LogP contribution < -0.4 is 5.73 Å². The first-order valence-corrected chi connectivity index (χ1v) is 7.64. The van der Waals surface area contributed by atoms with Gasteiger partial charge in [0, 0.05) is 4.47 Å². The number of H-pyrrole nitrogens is 1. The molecule has 1 fully saturated rings. The van der Waals surface area contributed by atoms with Crippen LogP contribution >= 0.6 is 27.7 Å². The highest BCUT2D eigenvalue weighted by Gasteiger charge is 2.20. The van der Waals surface area contributed by atoms with Crippen LogP contribution in [0.15, 0.2) is 16.6 Å². The number of aromatic nitrogens is 2. The number of nitrogens with one attached hydrogen (secondary N) is 1. The maximum absolute atomic E-state index is 5.98. The zero-order valence-electron chi connectivity index (χ0n) is 9.37. The summed E-state index contributed by atoms with van der Waals surface area (Å²) in [7, 11) is 0. The van der Waals surface area contributed by atoms with E-state index in [9.17, 15) is 0 Å². The second kappa shape index (κ2) is 4.53. The van der Waals surface area contributed by atoms with E-state index in [2.05, 4.69) is 25.9 Å². The molecule has 1 unspecified atom stereocenters. The highest BCUT2D eigenvalue weighted by atomic mass is 79.9. The van der Waals surface area contributed by atoms with Crippen molar-refractivity contribution in [2.24, 2.45) is 0 Å². The first-order valence-electron chi connectivity index (χ1n) is 5.80. The Hall–Kier alpha value is -0.680. The summed E-state index contributed by atoms with van der Waals surface area (Å²) < 4.78 is 0.994. The maximum Gasteiger partial charge on any atom is 0.120 e. The summed E-state index contributed by atoms with van der Waals surface area (Å²) in [6.07, 6.45) is 3.84. The Kier molecular flexibility index (Phi) is 3.04. The van der Waals surface area contributed by atoms with Crippen molar-refractivity contribution < 1.29 is 0 Å². The molecule has 1 aliphatic heterocycles. The first-order chi connectivity index (χ1) is 8.24. The molecule has 1 atom stereocenters. The summed E-state index contributed by atoms with van der Waals surface area (Å²) in [6.45, 7) is 0. The minimum atomic E-state index is 0.509. The lowest BCUT2D eigenvalue weighted by atomic mass is 10.2. The Balaban J connectivity index is 2.03. The van der Waals surface area contributed by atoms with Gasteiger partial charge in [-0.2, -0.15) is 11.8 Å². The number of rotatable bonds is 1. The fourth-order valence-corrected chi connectivity index (χ4v) is 3.97. The topological polar surface area (TPSA) is 54.7 Å². The normalized spacial score (nSPS) is 20.9. The van der Waals surface area contributed by atoms with E-state index in [1.54, 1.807) is 0 Å². The quantitative estimate of drug-likeness (QED) is 0.786. The average Bonchev–Trinajstić information content (AvgIpc) is 2.74. The SMILES string of the molecule is Nc1cc(Br)cc2[nH]c(C3CCCCS3)nc12. The number of benzene rings is 1. The summed E-state index contributed by atoms with van der Waals surface area (Å²) in [5.41, 5.74) is 8.64. The van der Waals surface area contributed by atoms with Gasteiger partial charge < -0.3 is 10.7 Å². The van der Waals surface area contributed by atoms with Crippen LogP contribution in [0.25, 0.3) is 11.0 Å². The first kappa shape index (κ1) is 11.4. The molecule has 0 radical (unpaired) electrons. The molecule has 90 valence electrons. The monoisotopic (exact) mass is 311 g/mol. The molecular weight excluding hydrogens is 298 g/mol. The maximum atomic E-state index is 5.98. The Morgan fingerprint density at radius 3 is 3.06 bits per heavy atom. The molecule has 1 aromatic heterocycles. The molecule has 1 aliphatic rings. The summed E-state index contributed by atoms with van der Waals surface area (Å²) >= 11 is 5.45. The molecule has 2 aromatic rings. The van der Waals surface area contributed by atoms with E-state index in [1.807, 2.05) is 23.9 Å². The van der Waals surface area contributed by atoms with Gasteiger partial charge in [0.15, 0.2) is 0 Å². The van der Waals surface area contributed by atoms with E-state index in [-0.39, 0.29) is 0 Å². The van der Waals surface area contributed by atoms with Crippen molar-refractivity contribution >= 4 is 44.4 Å². The molecule has 3 N–H and O–H groups in total. The minimum Gasteiger partial charge on any atom is -0.397 e. The van der Waals surface area contributed by atoms with Crippen LogP contribution in [-0.2, 0) is 0 Å². The largest absolute Gasteiger partial charge is 0.397 e. The number of nitrogens with two attached hydrogens (primary N) is 1. The predicted molar refractivity (Wildman–Crippen MR) is 77.3 cm³/mol. The van der Waals surface area contributed by atoms with E-state index in [1.165, 1.54) is 25.0 Å². The Morgan fingerprint density at radius 1 is 1.41 bits per heavy atom. The molecular formula is C12H14BrN3S. The van der Waals surface area contributed by atoms with Gasteiger partial charge in [-0.15, -0.1) is 0 Å². The molecule has 17 heavy (non-hydrogen) atoms. The molecule has 3 nitrogen and oxygen atoms in total. The number of imidazole rings is 1. The van der Waals surface area contributed by atoms with Crippen LogP contribution in [0.3, 0.4) is 0 Å². The van der Waals surface area contributed by atoms with Crippen molar-refractivity contribution in [2.45, 2.75) is 24.5 Å². The van der Waals surface area contributed by atoms with E-state index in [0.717, 1.165) is 27.0 Å². The molecule has 0 spiro atoms. The number of anilines is 1. The van der Waals surface area contributed by atoms with Gasteiger partial charge in [-0.3, -0.25) is 0 Å². The predicted octanol–water partition coefficient (Wildman–Crippen LogP) is 3.87. The van der Waals surface area contributed by atoms with Crippen molar-refractivity contribution in [2.75, 3.05) is 11.5 Å². The van der Waals surface area contributed by atoms with Crippen LogP contribution in [-0.4, -0.2) is 15.7 Å². The third-order valence-corrected chi connectivity index (χ3v) is 4.93. The lowest BCUT2D eigenvalue weighted by Crippen LogP contribution is -2.03. The van der Waals surface area contributed by atoms with Crippen molar-refractivity contribution in [1.29, 1.82) is 0 Å². The Morgan fingerprint density at radius 2 is 2.29 bits per heavy atom. The smallest absolute Gasteiger partial charge is 0.120 e. The van der Waals surface area contributed by atoms with Crippen LogP contribution in [0.4, 0.5) is 5.69 Å². The van der Waals surface area contributed by atoms with E-state index in [4.69, 9.17) is 5.73 Å². The number of aromatic amines is 1. The van der Waals surface area contributed by atoms with Gasteiger partial charge in [0.05, 0.1) is 16.5 Å². The van der Waals surface area contributed by atoms with Crippen molar-refractivity contribution in [3.8, 4) is 0 Å². The lowest BCUT2D eigenvalue weighted by Gasteiger charge is -2.18. The second-order valence-corrected chi connectivity index (χ2v) is 6.59. The Labute approximate surface area is 113 Å². The summed E-state index contributed by atoms with van der Waals surface area (Å²) in [6, 6.07) is 3.94. The molecule has 0 bridgehead atoms. The highest BCUT2D eigenvalue weighted by molar-refractivity contribution is 9.10. The van der Waals surface area contributed by atoms with Crippen molar-refractivity contribution in [3.63, 3.8) is 0 Å². The molecule has 2 heterocycles. The van der Waals surface area contributed by atoms with E-state index < -0.39 is 0 Å². The standard InChI is InChI=1S/C12H14BrN3S/c13-7-5-8(14)11-9(6-7)15-12(16-11)10-3-1-2-4-17-10/h5-6,10H,1-4,14H2,(H,15,16). The number of fused-ring (bicyclic) bond motifs is 1. The van der Waals surface area contributed by atoms with Gasteiger partial charge in [0.25, 0.3) is 0 Å². The summed E-state index contributed by atoms with van der Waals surface area (Å²) in [5, 5.41) is 0.509. The fourth-order valence-electron chi connectivity index (χ4n) is 2.24. The van der Waals surface area contributed by atoms with Gasteiger partial charge >= 0.3 is 0 Å². The van der Waals surface area contributed by atoms with Crippen LogP contribution in [0, 0.1) is 0 Å². The third kappa shape index (κ3) is 2.18. The van der Waals surface area contributed by atoms with E-state index >= 15 is 0 Å². The lowest BCUT2D eigenvalue weighted by molar-refractivity contribution is 0.668.